The number of rotatable bonds is 3. The zero-order valence-corrected chi connectivity index (χ0v) is 15.6. The SMILES string of the molecule is CCNC(=O)c1ccc(-c2c(C#N)c(N)n3c(nc4ccccc43)c2C#N)cc1. The smallest absolute Gasteiger partial charge is 0.251 e. The molecule has 0 saturated heterocycles. The summed E-state index contributed by atoms with van der Waals surface area (Å²) in [6.45, 7) is 2.37. The summed E-state index contributed by atoms with van der Waals surface area (Å²) in [7, 11) is 0. The van der Waals surface area contributed by atoms with Crippen molar-refractivity contribution in [3.8, 4) is 23.3 Å². The molecule has 7 nitrogen and oxygen atoms in total. The van der Waals surface area contributed by atoms with Gasteiger partial charge < -0.3 is 11.1 Å². The van der Waals surface area contributed by atoms with Crippen LogP contribution < -0.4 is 11.1 Å². The third-order valence-corrected chi connectivity index (χ3v) is 4.78. The van der Waals surface area contributed by atoms with Crippen LogP contribution >= 0.6 is 0 Å². The molecule has 1 amide bonds. The number of benzene rings is 2. The fourth-order valence-electron chi connectivity index (χ4n) is 3.47. The number of aromatic nitrogens is 2. The van der Waals surface area contributed by atoms with Crippen LogP contribution in [-0.4, -0.2) is 21.8 Å². The Morgan fingerprint density at radius 1 is 1.10 bits per heavy atom. The Balaban J connectivity index is 2.02. The molecule has 0 bridgehead atoms. The molecule has 4 rings (SSSR count). The topological polar surface area (TPSA) is 120 Å². The summed E-state index contributed by atoms with van der Waals surface area (Å²) in [4.78, 5) is 16.6. The first kappa shape index (κ1) is 18.0. The lowest BCUT2D eigenvalue weighted by Crippen LogP contribution is -2.22. The lowest BCUT2D eigenvalue weighted by Gasteiger charge is -2.13. The van der Waals surface area contributed by atoms with Gasteiger partial charge in [-0.15, -0.1) is 0 Å². The van der Waals surface area contributed by atoms with Gasteiger partial charge in [0.25, 0.3) is 5.91 Å². The van der Waals surface area contributed by atoms with E-state index in [1.165, 1.54) is 0 Å². The van der Waals surface area contributed by atoms with E-state index in [-0.39, 0.29) is 22.9 Å². The van der Waals surface area contributed by atoms with Crippen LogP contribution in [0.2, 0.25) is 0 Å². The van der Waals surface area contributed by atoms with Gasteiger partial charge in [-0.05, 0) is 36.8 Å². The average Bonchev–Trinajstić information content (AvgIpc) is 3.13. The van der Waals surface area contributed by atoms with Gasteiger partial charge in [-0.1, -0.05) is 24.3 Å². The van der Waals surface area contributed by atoms with Crippen molar-refractivity contribution >= 4 is 28.4 Å². The highest BCUT2D eigenvalue weighted by molar-refractivity contribution is 5.96. The maximum atomic E-state index is 12.0. The molecule has 3 N–H and O–H groups in total. The van der Waals surface area contributed by atoms with Gasteiger partial charge in [0.2, 0.25) is 0 Å². The Kier molecular flexibility index (Phi) is 4.34. The number of nitrogen functional groups attached to an aromatic ring is 1. The lowest BCUT2D eigenvalue weighted by atomic mass is 9.95. The first-order valence-electron chi connectivity index (χ1n) is 9.02. The van der Waals surface area contributed by atoms with Crippen molar-refractivity contribution in [1.29, 1.82) is 10.5 Å². The van der Waals surface area contributed by atoms with Crippen LogP contribution in [0.1, 0.15) is 28.4 Å². The molecular weight excluding hydrogens is 364 g/mol. The number of nitrogens with zero attached hydrogens (tertiary/aromatic N) is 4. The van der Waals surface area contributed by atoms with Gasteiger partial charge >= 0.3 is 0 Å². The number of anilines is 1. The molecule has 0 fully saturated rings. The van der Waals surface area contributed by atoms with E-state index in [9.17, 15) is 15.3 Å². The molecule has 0 atom stereocenters. The van der Waals surface area contributed by atoms with Gasteiger partial charge in [-0.2, -0.15) is 10.5 Å². The number of nitrogens with two attached hydrogens (primary N) is 1. The summed E-state index contributed by atoms with van der Waals surface area (Å²) < 4.78 is 1.64. The first-order valence-corrected chi connectivity index (χ1v) is 9.02. The minimum atomic E-state index is -0.186. The van der Waals surface area contributed by atoms with Crippen LogP contribution in [0.15, 0.2) is 48.5 Å². The first-order chi connectivity index (χ1) is 14.1. The molecule has 0 radical (unpaired) electrons. The molecule has 140 valence electrons. The number of carbonyl (C=O) groups is 1. The normalized spacial score (nSPS) is 10.6. The number of carbonyl (C=O) groups excluding carboxylic acids is 1. The third kappa shape index (κ3) is 2.73. The predicted molar refractivity (Wildman–Crippen MR) is 110 cm³/mol. The number of nitriles is 2. The van der Waals surface area contributed by atoms with Crippen LogP contribution in [0.3, 0.4) is 0 Å². The van der Waals surface area contributed by atoms with Crippen molar-refractivity contribution in [2.24, 2.45) is 0 Å². The summed E-state index contributed by atoms with van der Waals surface area (Å²) in [6, 6.07) is 18.4. The second-order valence-electron chi connectivity index (χ2n) is 6.43. The number of hydrogen-bond donors (Lipinski definition) is 2. The summed E-state index contributed by atoms with van der Waals surface area (Å²) in [5, 5.41) is 22.5. The Morgan fingerprint density at radius 2 is 1.79 bits per heavy atom. The molecule has 0 aliphatic rings. The molecule has 0 unspecified atom stereocenters. The van der Waals surface area contributed by atoms with Crippen molar-refractivity contribution in [3.63, 3.8) is 0 Å². The van der Waals surface area contributed by atoms with Crippen molar-refractivity contribution in [2.75, 3.05) is 12.3 Å². The molecule has 0 aliphatic heterocycles. The van der Waals surface area contributed by atoms with E-state index in [4.69, 9.17) is 5.73 Å². The van der Waals surface area contributed by atoms with Crippen molar-refractivity contribution in [3.05, 3.63) is 65.2 Å². The highest BCUT2D eigenvalue weighted by Crippen LogP contribution is 2.35. The highest BCUT2D eigenvalue weighted by Gasteiger charge is 2.22. The van der Waals surface area contributed by atoms with Gasteiger partial charge in [0.1, 0.15) is 29.1 Å². The minimum absolute atomic E-state index is 0.186. The summed E-state index contributed by atoms with van der Waals surface area (Å²) in [6.07, 6.45) is 0. The van der Waals surface area contributed by atoms with Crippen LogP contribution in [0.4, 0.5) is 5.82 Å². The minimum Gasteiger partial charge on any atom is -0.384 e. The fraction of sp³-hybridized carbons (Fsp3) is 0.0909. The quantitative estimate of drug-likeness (QED) is 0.565. The number of para-hydroxylation sites is 2. The second kappa shape index (κ2) is 6.99. The van der Waals surface area contributed by atoms with Crippen LogP contribution in [0, 0.1) is 22.7 Å². The van der Waals surface area contributed by atoms with E-state index in [1.54, 1.807) is 28.7 Å². The number of hydrogen-bond acceptors (Lipinski definition) is 5. The molecule has 2 aromatic carbocycles. The number of amides is 1. The van der Waals surface area contributed by atoms with Crippen LogP contribution in [0.5, 0.6) is 0 Å². The largest absolute Gasteiger partial charge is 0.384 e. The predicted octanol–water partition coefficient (Wildman–Crippen LogP) is 3.23. The van der Waals surface area contributed by atoms with Gasteiger partial charge in [0.15, 0.2) is 5.65 Å². The van der Waals surface area contributed by atoms with Crippen molar-refractivity contribution < 1.29 is 4.79 Å². The van der Waals surface area contributed by atoms with E-state index in [0.717, 1.165) is 5.52 Å². The van der Waals surface area contributed by atoms with Gasteiger partial charge in [-0.25, -0.2) is 4.98 Å². The van der Waals surface area contributed by atoms with Crippen molar-refractivity contribution in [1.82, 2.24) is 14.7 Å². The van der Waals surface area contributed by atoms with Crippen LogP contribution in [-0.2, 0) is 0 Å². The highest BCUT2D eigenvalue weighted by atomic mass is 16.1. The molecule has 2 heterocycles. The van der Waals surface area contributed by atoms with Gasteiger partial charge in [-0.3, -0.25) is 9.20 Å². The Morgan fingerprint density at radius 3 is 2.45 bits per heavy atom. The molecule has 0 spiro atoms. The number of nitrogens with one attached hydrogen (secondary N) is 1. The molecule has 2 aromatic heterocycles. The third-order valence-electron chi connectivity index (χ3n) is 4.78. The van der Waals surface area contributed by atoms with E-state index in [0.29, 0.717) is 34.4 Å². The maximum absolute atomic E-state index is 12.0. The monoisotopic (exact) mass is 380 g/mol. The number of pyridine rings is 1. The Bertz CT molecular complexity index is 1350. The molecule has 4 aromatic rings. The Labute approximate surface area is 166 Å². The number of imidazole rings is 1. The van der Waals surface area contributed by atoms with Gasteiger partial charge in [0.05, 0.1) is 11.0 Å². The fourth-order valence-corrected chi connectivity index (χ4v) is 3.47. The van der Waals surface area contributed by atoms with Crippen LogP contribution in [0.25, 0.3) is 27.8 Å². The molecular formula is C22H16N6O. The second-order valence-corrected chi connectivity index (χ2v) is 6.43. The summed E-state index contributed by atoms with van der Waals surface area (Å²) in [5.74, 6) is 0.0348. The number of fused-ring (bicyclic) bond motifs is 3. The summed E-state index contributed by atoms with van der Waals surface area (Å²) >= 11 is 0. The average molecular weight is 380 g/mol. The maximum Gasteiger partial charge on any atom is 0.251 e. The van der Waals surface area contributed by atoms with E-state index in [1.807, 2.05) is 31.2 Å². The molecule has 0 aliphatic carbocycles. The van der Waals surface area contributed by atoms with E-state index < -0.39 is 0 Å². The van der Waals surface area contributed by atoms with Crippen molar-refractivity contribution in [2.45, 2.75) is 6.92 Å². The lowest BCUT2D eigenvalue weighted by molar-refractivity contribution is 0.0956. The zero-order valence-electron chi connectivity index (χ0n) is 15.6. The Hall–Kier alpha value is -4.36. The van der Waals surface area contributed by atoms with E-state index >= 15 is 0 Å². The van der Waals surface area contributed by atoms with E-state index in [2.05, 4.69) is 22.4 Å². The zero-order chi connectivity index (χ0) is 20.5. The standard InChI is InChI=1S/C22H16N6O/c1-2-26-22(29)14-9-7-13(8-10-14)19-15(11-23)20(25)28-18-6-4-3-5-17(18)27-21(28)16(19)12-24/h3-10H,2,25H2,1H3,(H,26,29). The molecule has 7 heteroatoms. The summed E-state index contributed by atoms with van der Waals surface area (Å²) in [5.41, 5.74) is 10.1. The molecule has 0 saturated carbocycles. The molecule has 29 heavy (non-hydrogen) atoms. The van der Waals surface area contributed by atoms with Gasteiger partial charge in [0, 0.05) is 17.7 Å².